The van der Waals surface area contributed by atoms with Gasteiger partial charge in [0.15, 0.2) is 5.60 Å². The Kier molecular flexibility index (Phi) is 10.2. The number of carbonyl (C=O) groups is 1. The number of hydrogen-bond donors (Lipinski definition) is 0. The molecule has 1 aliphatic rings. The number of halogens is 4. The fourth-order valence-electron chi connectivity index (χ4n) is 3.35. The first kappa shape index (κ1) is 27.9. The van der Waals surface area contributed by atoms with E-state index in [1.54, 1.807) is 24.3 Å². The van der Waals surface area contributed by atoms with E-state index >= 15 is 0 Å². The Bertz CT molecular complexity index is 1070. The molecule has 3 aromatic rings. The van der Waals surface area contributed by atoms with Crippen LogP contribution in [0, 0.1) is 14.3 Å². The van der Waals surface area contributed by atoms with Gasteiger partial charge in [0.2, 0.25) is 0 Å². The van der Waals surface area contributed by atoms with Crippen LogP contribution in [0.1, 0.15) is 27.0 Å². The summed E-state index contributed by atoms with van der Waals surface area (Å²) in [7, 11) is 0. The Labute approximate surface area is 272 Å². The summed E-state index contributed by atoms with van der Waals surface area (Å²) in [5, 5.41) is 23.4. The third-order valence-electron chi connectivity index (χ3n) is 4.59. The van der Waals surface area contributed by atoms with Crippen LogP contribution in [0.25, 0.3) is 0 Å². The van der Waals surface area contributed by atoms with Crippen molar-refractivity contribution >= 4 is 96.3 Å². The van der Waals surface area contributed by atoms with E-state index in [0.29, 0.717) is 16.7 Å². The zero-order valence-corrected chi connectivity index (χ0v) is 28.4. The Morgan fingerprint density at radius 3 is 1.50 bits per heavy atom. The van der Waals surface area contributed by atoms with E-state index in [1.807, 2.05) is 0 Å². The first-order valence-corrected chi connectivity index (χ1v) is 12.2. The number of cyclic esters (lactones) is 1. The van der Waals surface area contributed by atoms with Gasteiger partial charge in [-0.05, 0) is 90.4 Å². The largest absolute Gasteiger partial charge is 1.00 e. The van der Waals surface area contributed by atoms with E-state index in [0.717, 1.165) is 19.8 Å². The SMILES string of the molecule is O=C1OC(c2ccc([O-])cc2)(c2ccc([O-])cc2)c2c(I)c(I)c(I)c(I)c21.[Na+].[Na+]. The predicted molar refractivity (Wildman–Crippen MR) is 134 cm³/mol. The molecule has 1 aliphatic heterocycles. The van der Waals surface area contributed by atoms with Crippen LogP contribution in [-0.2, 0) is 10.3 Å². The summed E-state index contributed by atoms with van der Waals surface area (Å²) in [4.78, 5) is 13.0. The van der Waals surface area contributed by atoms with Crippen molar-refractivity contribution in [3.63, 3.8) is 0 Å². The van der Waals surface area contributed by atoms with Crippen LogP contribution in [0.5, 0.6) is 11.5 Å². The van der Waals surface area contributed by atoms with Gasteiger partial charge in [0.05, 0.1) is 5.56 Å². The third-order valence-corrected chi connectivity index (χ3v) is 12.0. The van der Waals surface area contributed by atoms with Crippen LogP contribution < -0.4 is 69.3 Å². The molecule has 3 aromatic carbocycles. The van der Waals surface area contributed by atoms with Gasteiger partial charge in [0, 0.05) is 31.0 Å². The van der Waals surface area contributed by atoms with Crippen molar-refractivity contribution in [3.8, 4) is 11.5 Å². The van der Waals surface area contributed by atoms with Gasteiger partial charge in [0.1, 0.15) is 0 Å². The van der Waals surface area contributed by atoms with Gasteiger partial charge >= 0.3 is 65.1 Å². The van der Waals surface area contributed by atoms with Crippen molar-refractivity contribution in [1.29, 1.82) is 0 Å². The summed E-state index contributed by atoms with van der Waals surface area (Å²) in [6.45, 7) is 0. The van der Waals surface area contributed by atoms with Crippen LogP contribution in [0.2, 0.25) is 0 Å². The molecular weight excluding hydrogens is 858 g/mol. The maximum absolute atomic E-state index is 13.0. The average Bonchev–Trinajstić information content (AvgIpc) is 3.00. The molecule has 0 radical (unpaired) electrons. The van der Waals surface area contributed by atoms with E-state index < -0.39 is 11.6 Å². The molecule has 10 heteroatoms. The second-order valence-corrected chi connectivity index (χ2v) is 10.4. The summed E-state index contributed by atoms with van der Waals surface area (Å²) in [5.74, 6) is -0.663. The Balaban J connectivity index is 0.00000160. The molecule has 4 rings (SSSR count). The zero-order chi connectivity index (χ0) is 20.2. The van der Waals surface area contributed by atoms with Gasteiger partial charge in [-0.2, -0.15) is 0 Å². The van der Waals surface area contributed by atoms with Crippen LogP contribution in [0.3, 0.4) is 0 Å². The van der Waals surface area contributed by atoms with Gasteiger partial charge in [0.25, 0.3) is 0 Å². The summed E-state index contributed by atoms with van der Waals surface area (Å²) in [5.41, 5.74) is 1.41. The smallest absolute Gasteiger partial charge is 0.872 e. The van der Waals surface area contributed by atoms with Gasteiger partial charge < -0.3 is 14.9 Å². The third kappa shape index (κ3) is 4.61. The molecule has 4 nitrogen and oxygen atoms in total. The minimum Gasteiger partial charge on any atom is -0.872 e. The zero-order valence-electron chi connectivity index (χ0n) is 15.8. The van der Waals surface area contributed by atoms with E-state index in [4.69, 9.17) is 4.74 Å². The molecule has 142 valence electrons. The number of ether oxygens (including phenoxy) is 1. The summed E-state index contributed by atoms with van der Waals surface area (Å²) >= 11 is 8.93. The van der Waals surface area contributed by atoms with Gasteiger partial charge in [-0.3, -0.25) is 0 Å². The summed E-state index contributed by atoms with van der Waals surface area (Å²) in [6.07, 6.45) is 0. The molecular formula is C20H8I4Na2O4. The monoisotopic (exact) mass is 866 g/mol. The second-order valence-electron chi connectivity index (χ2n) is 6.13. The standard InChI is InChI=1S/C20H10I4O4.2Na/c21-15-13-14(16(22)18(24)17(15)23)20(28-19(13)27,9-1-5-11(25)6-2-9)10-3-7-12(26)8-4-10;;/h1-8,25-26H;;/q;2*+1/p-2. The predicted octanol–water partition coefficient (Wildman–Crippen LogP) is -1.28. The molecule has 0 spiro atoms. The van der Waals surface area contributed by atoms with Gasteiger partial charge in [-0.1, -0.05) is 48.5 Å². The molecule has 0 saturated heterocycles. The quantitative estimate of drug-likeness (QED) is 0.106. The number of benzene rings is 3. The molecule has 0 unspecified atom stereocenters. The summed E-state index contributed by atoms with van der Waals surface area (Å²) < 4.78 is 9.87. The van der Waals surface area contributed by atoms with E-state index in [-0.39, 0.29) is 70.6 Å². The normalized spacial score (nSPS) is 13.7. The van der Waals surface area contributed by atoms with E-state index in [9.17, 15) is 15.0 Å². The number of esters is 1. The van der Waals surface area contributed by atoms with Crippen molar-refractivity contribution in [2.24, 2.45) is 0 Å². The maximum Gasteiger partial charge on any atom is 1.00 e. The summed E-state index contributed by atoms with van der Waals surface area (Å²) in [6, 6.07) is 12.6. The Hall–Kier alpha value is 1.65. The van der Waals surface area contributed by atoms with Crippen LogP contribution >= 0.6 is 90.4 Å². The molecule has 0 saturated carbocycles. The molecule has 0 N–H and O–H groups in total. The molecule has 0 bridgehead atoms. The van der Waals surface area contributed by atoms with Crippen LogP contribution in [0.15, 0.2) is 48.5 Å². The molecule has 1 heterocycles. The fraction of sp³-hybridized carbons (Fsp3) is 0.0500. The second kappa shape index (κ2) is 10.9. The minimum atomic E-state index is -1.21. The van der Waals surface area contributed by atoms with E-state index in [1.165, 1.54) is 24.3 Å². The van der Waals surface area contributed by atoms with Crippen LogP contribution in [-0.4, -0.2) is 5.97 Å². The average molecular weight is 866 g/mol. The Morgan fingerprint density at radius 1 is 0.667 bits per heavy atom. The number of carbonyl (C=O) groups excluding carboxylic acids is 1. The van der Waals surface area contributed by atoms with Crippen molar-refractivity contribution < 1.29 is 78.9 Å². The molecule has 0 aliphatic carbocycles. The minimum absolute atomic E-state index is 0. The van der Waals surface area contributed by atoms with Gasteiger partial charge in [-0.25, -0.2) is 4.79 Å². The maximum atomic E-state index is 13.0. The van der Waals surface area contributed by atoms with Gasteiger partial charge in [-0.15, -0.1) is 11.5 Å². The van der Waals surface area contributed by atoms with Crippen molar-refractivity contribution in [2.75, 3.05) is 0 Å². The topological polar surface area (TPSA) is 72.4 Å². The first-order chi connectivity index (χ1) is 13.3. The number of rotatable bonds is 2. The molecule has 0 atom stereocenters. The number of fused-ring (bicyclic) bond motifs is 1. The molecule has 0 aromatic heterocycles. The molecule has 0 amide bonds. The van der Waals surface area contributed by atoms with Crippen LogP contribution in [0.4, 0.5) is 0 Å². The fourth-order valence-corrected chi connectivity index (χ4v) is 7.14. The number of hydrogen-bond acceptors (Lipinski definition) is 4. The van der Waals surface area contributed by atoms with E-state index in [2.05, 4.69) is 90.4 Å². The van der Waals surface area contributed by atoms with Crippen molar-refractivity contribution in [3.05, 3.63) is 85.1 Å². The molecule has 30 heavy (non-hydrogen) atoms. The molecule has 0 fully saturated rings. The van der Waals surface area contributed by atoms with Crippen molar-refractivity contribution in [1.82, 2.24) is 0 Å². The first-order valence-electron chi connectivity index (χ1n) is 7.92. The van der Waals surface area contributed by atoms with Crippen molar-refractivity contribution in [2.45, 2.75) is 5.60 Å². The Morgan fingerprint density at radius 2 is 1.07 bits per heavy atom.